The van der Waals surface area contributed by atoms with Crippen molar-refractivity contribution in [2.45, 2.75) is 0 Å². The molecule has 0 N–H and O–H groups in total. The number of nitrogens with zero attached hydrogens (tertiary/aromatic N) is 1. The third kappa shape index (κ3) is 5.19. The van der Waals surface area contributed by atoms with Crippen molar-refractivity contribution >= 4 is 92.4 Å². The first-order chi connectivity index (χ1) is 28.7. The average molecular weight is 760 g/mol. The van der Waals surface area contributed by atoms with Gasteiger partial charge >= 0.3 is 0 Å². The lowest BCUT2D eigenvalue weighted by Gasteiger charge is -2.27. The van der Waals surface area contributed by atoms with Gasteiger partial charge in [0.2, 0.25) is 0 Å². The summed E-state index contributed by atoms with van der Waals surface area (Å²) in [4.78, 5) is 2.40. The predicted octanol–water partition coefficient (Wildman–Crippen LogP) is 16.3. The number of benzene rings is 9. The smallest absolute Gasteiger partial charge is 0.143 e. The summed E-state index contributed by atoms with van der Waals surface area (Å²) in [6.45, 7) is 0. The first kappa shape index (κ1) is 32.8. The highest BCUT2D eigenvalue weighted by atomic mass is 32.1. The summed E-state index contributed by atoms with van der Waals surface area (Å²) in [6, 6.07) is 71.4. The maximum Gasteiger partial charge on any atom is 0.143 e. The Balaban J connectivity index is 1.14. The lowest BCUT2D eigenvalue weighted by atomic mass is 9.96. The molecule has 0 saturated carbocycles. The molecule has 9 aromatic carbocycles. The zero-order chi connectivity index (χ0) is 38.2. The molecule has 0 unspecified atom stereocenters. The SMILES string of the molecule is c1ccc(-c2cc(-c3ccccc3)c3oc4cc(N(c5ccc6oc7ccccc7c6c5)c5ccc(-c6ccccc6)c6sc7ccccc7c56)ccc4c3c2)cc1. The van der Waals surface area contributed by atoms with E-state index in [2.05, 4.69) is 193 Å². The number of para-hydroxylation sites is 1. The van der Waals surface area contributed by atoms with E-state index >= 15 is 0 Å². The summed E-state index contributed by atoms with van der Waals surface area (Å²) in [5, 5.41) is 6.81. The molecule has 0 atom stereocenters. The second-order valence-electron chi connectivity index (χ2n) is 14.8. The molecule has 12 rings (SSSR count). The standard InChI is InChI=1S/C54H33NO2S/c1-4-14-34(15-5-1)37-30-44(36-18-8-3-9-19-36)53-46(31-37)42-26-24-39(33-50(42)57-53)55(38-25-29-49-45(32-38)41-20-10-12-22-48(41)56-49)47-28-27-40(35-16-6-2-7-17-35)54-52(47)43-21-11-13-23-51(43)58-54/h1-33H. The summed E-state index contributed by atoms with van der Waals surface area (Å²) < 4.78 is 15.8. The Hall–Kier alpha value is -7.40. The Labute approximate surface area is 338 Å². The van der Waals surface area contributed by atoms with E-state index in [0.29, 0.717) is 0 Å². The van der Waals surface area contributed by atoms with Crippen LogP contribution in [-0.4, -0.2) is 0 Å². The largest absolute Gasteiger partial charge is 0.456 e. The van der Waals surface area contributed by atoms with Crippen LogP contribution in [0.5, 0.6) is 0 Å². The van der Waals surface area contributed by atoms with E-state index < -0.39 is 0 Å². The van der Waals surface area contributed by atoms with E-state index in [1.165, 1.54) is 36.9 Å². The van der Waals surface area contributed by atoms with Crippen molar-refractivity contribution in [3.8, 4) is 33.4 Å². The molecule has 58 heavy (non-hydrogen) atoms. The van der Waals surface area contributed by atoms with Crippen LogP contribution in [0.25, 0.3) is 97.4 Å². The lowest BCUT2D eigenvalue weighted by molar-refractivity contribution is 0.668. The summed E-state index contributed by atoms with van der Waals surface area (Å²) in [5.41, 5.74) is 13.6. The van der Waals surface area contributed by atoms with Crippen LogP contribution < -0.4 is 4.90 Å². The third-order valence-corrected chi connectivity index (χ3v) is 12.7. The van der Waals surface area contributed by atoms with Crippen LogP contribution in [0.2, 0.25) is 0 Å². The predicted molar refractivity (Wildman–Crippen MR) is 245 cm³/mol. The fraction of sp³-hybridized carbons (Fsp3) is 0. The molecular weight excluding hydrogens is 727 g/mol. The molecule has 3 nitrogen and oxygen atoms in total. The van der Waals surface area contributed by atoms with Crippen molar-refractivity contribution in [2.24, 2.45) is 0 Å². The molecule has 12 aromatic rings. The Morgan fingerprint density at radius 3 is 1.78 bits per heavy atom. The van der Waals surface area contributed by atoms with E-state index in [1.807, 2.05) is 23.5 Å². The number of furan rings is 2. The van der Waals surface area contributed by atoms with E-state index in [0.717, 1.165) is 77.6 Å². The number of thiophene rings is 1. The summed E-state index contributed by atoms with van der Waals surface area (Å²) in [7, 11) is 0. The van der Waals surface area contributed by atoms with Gasteiger partial charge in [0.1, 0.15) is 22.3 Å². The maximum absolute atomic E-state index is 6.99. The zero-order valence-corrected chi connectivity index (χ0v) is 32.0. The Morgan fingerprint density at radius 2 is 0.983 bits per heavy atom. The highest BCUT2D eigenvalue weighted by molar-refractivity contribution is 7.26. The Morgan fingerprint density at radius 1 is 0.362 bits per heavy atom. The highest BCUT2D eigenvalue weighted by Crippen LogP contribution is 2.50. The monoisotopic (exact) mass is 759 g/mol. The van der Waals surface area contributed by atoms with Crippen LogP contribution in [-0.2, 0) is 0 Å². The summed E-state index contributed by atoms with van der Waals surface area (Å²) in [5.74, 6) is 0. The van der Waals surface area contributed by atoms with E-state index in [4.69, 9.17) is 8.83 Å². The van der Waals surface area contributed by atoms with Gasteiger partial charge in [0.05, 0.1) is 5.69 Å². The van der Waals surface area contributed by atoms with Crippen molar-refractivity contribution in [1.82, 2.24) is 0 Å². The van der Waals surface area contributed by atoms with Crippen molar-refractivity contribution in [2.75, 3.05) is 4.90 Å². The zero-order valence-electron chi connectivity index (χ0n) is 31.2. The van der Waals surface area contributed by atoms with Crippen molar-refractivity contribution < 1.29 is 8.83 Å². The van der Waals surface area contributed by atoms with Crippen LogP contribution in [0.15, 0.2) is 209 Å². The van der Waals surface area contributed by atoms with Crippen molar-refractivity contribution in [3.05, 3.63) is 200 Å². The fourth-order valence-electron chi connectivity index (χ4n) is 8.76. The van der Waals surface area contributed by atoms with Gasteiger partial charge in [-0.25, -0.2) is 0 Å². The molecule has 272 valence electrons. The lowest BCUT2D eigenvalue weighted by Crippen LogP contribution is -2.10. The molecule has 3 aromatic heterocycles. The molecule has 3 heterocycles. The van der Waals surface area contributed by atoms with Crippen LogP contribution in [0.4, 0.5) is 17.1 Å². The third-order valence-electron chi connectivity index (χ3n) is 11.5. The first-order valence-electron chi connectivity index (χ1n) is 19.6. The molecular formula is C54H33NO2S. The molecule has 0 aliphatic carbocycles. The van der Waals surface area contributed by atoms with Crippen LogP contribution in [0, 0.1) is 0 Å². The molecule has 0 fully saturated rings. The van der Waals surface area contributed by atoms with Gasteiger partial charge in [0.15, 0.2) is 0 Å². The molecule has 0 amide bonds. The topological polar surface area (TPSA) is 29.5 Å². The minimum absolute atomic E-state index is 0.835. The maximum atomic E-state index is 6.99. The quantitative estimate of drug-likeness (QED) is 0.169. The van der Waals surface area contributed by atoms with Crippen molar-refractivity contribution in [3.63, 3.8) is 0 Å². The molecule has 0 bridgehead atoms. The number of anilines is 3. The van der Waals surface area contributed by atoms with Gasteiger partial charge in [-0.05, 0) is 88.5 Å². The average Bonchev–Trinajstić information content (AvgIpc) is 3.98. The normalized spacial score (nSPS) is 11.8. The minimum Gasteiger partial charge on any atom is -0.456 e. The van der Waals surface area contributed by atoms with Gasteiger partial charge in [0, 0.05) is 64.7 Å². The summed E-state index contributed by atoms with van der Waals surface area (Å²) in [6.07, 6.45) is 0. The Bertz CT molecular complexity index is 3510. The van der Waals surface area contributed by atoms with Gasteiger partial charge in [-0.1, -0.05) is 133 Å². The van der Waals surface area contributed by atoms with Gasteiger partial charge in [0.25, 0.3) is 0 Å². The molecule has 0 saturated heterocycles. The summed E-state index contributed by atoms with van der Waals surface area (Å²) >= 11 is 1.86. The van der Waals surface area contributed by atoms with Crippen molar-refractivity contribution in [1.29, 1.82) is 0 Å². The van der Waals surface area contributed by atoms with Gasteiger partial charge in [-0.2, -0.15) is 0 Å². The number of rotatable bonds is 6. The van der Waals surface area contributed by atoms with Gasteiger partial charge in [-0.15, -0.1) is 11.3 Å². The Kier molecular flexibility index (Phi) is 7.40. The minimum atomic E-state index is 0.835. The second kappa shape index (κ2) is 13.1. The van der Waals surface area contributed by atoms with E-state index in [-0.39, 0.29) is 0 Å². The molecule has 0 aliphatic heterocycles. The molecule has 0 aliphatic rings. The fourth-order valence-corrected chi connectivity index (χ4v) is 10.0. The second-order valence-corrected chi connectivity index (χ2v) is 15.9. The molecule has 0 radical (unpaired) electrons. The highest BCUT2D eigenvalue weighted by Gasteiger charge is 2.24. The number of hydrogen-bond acceptors (Lipinski definition) is 4. The van der Waals surface area contributed by atoms with E-state index in [1.54, 1.807) is 0 Å². The number of fused-ring (bicyclic) bond motifs is 9. The van der Waals surface area contributed by atoms with Crippen LogP contribution >= 0.6 is 11.3 Å². The van der Waals surface area contributed by atoms with Crippen LogP contribution in [0.3, 0.4) is 0 Å². The number of hydrogen-bond donors (Lipinski definition) is 0. The first-order valence-corrected chi connectivity index (χ1v) is 20.4. The molecule has 4 heteroatoms. The van der Waals surface area contributed by atoms with E-state index in [9.17, 15) is 0 Å². The van der Waals surface area contributed by atoms with Gasteiger partial charge in [-0.3, -0.25) is 0 Å². The van der Waals surface area contributed by atoms with Crippen LogP contribution in [0.1, 0.15) is 0 Å². The molecule has 0 spiro atoms. The van der Waals surface area contributed by atoms with Gasteiger partial charge < -0.3 is 13.7 Å².